The topological polar surface area (TPSA) is 434 Å². The number of allylic oxidation sites excluding steroid dienone is 3. The van der Waals surface area contributed by atoms with Crippen LogP contribution in [0.3, 0.4) is 0 Å². The van der Waals surface area contributed by atoms with Crippen LogP contribution in [0.1, 0.15) is 106 Å². The first-order valence-corrected chi connectivity index (χ1v) is 32.1. The zero-order valence-electron chi connectivity index (χ0n) is 52.2. The Balaban J connectivity index is 0.00000960. The molecule has 9 fully saturated rings. The van der Waals surface area contributed by atoms with Gasteiger partial charge in [-0.15, -0.1) is 6.58 Å². The summed E-state index contributed by atoms with van der Waals surface area (Å²) < 4.78 is 114. The molecule has 0 amide bonds. The number of hydrogen-bond acceptors (Lipinski definition) is 29. The summed E-state index contributed by atoms with van der Waals surface area (Å²) in [5.74, 6) is -1.01. The average Bonchev–Trinajstić information content (AvgIpc) is 1.46. The van der Waals surface area contributed by atoms with Gasteiger partial charge in [0.25, 0.3) is 0 Å². The number of cyclic esters (lactones) is 1. The molecule has 0 aromatic heterocycles. The summed E-state index contributed by atoms with van der Waals surface area (Å²) in [5, 5.41) is 122. The average molecular weight is 1320 g/mol. The van der Waals surface area contributed by atoms with E-state index >= 15 is 0 Å². The molecule has 3 saturated carbocycles. The minimum Gasteiger partial charge on any atom is -0.726 e. The fraction of sp³-hybridized carbons (Fsp3) is 0.898. The first-order chi connectivity index (χ1) is 41.7. The van der Waals surface area contributed by atoms with Gasteiger partial charge in [-0.05, 0) is 94.8 Å². The maximum atomic E-state index is 14.5. The van der Waals surface area contributed by atoms with Crippen molar-refractivity contribution >= 4 is 22.2 Å². The Morgan fingerprint density at radius 1 is 0.700 bits per heavy atom. The second-order valence-electron chi connectivity index (χ2n) is 27.6. The number of fused-ring (bicyclic) bond motifs is 4. The first-order valence-electron chi connectivity index (χ1n) is 30.8. The Morgan fingerprint density at radius 2 is 1.29 bits per heavy atom. The van der Waals surface area contributed by atoms with Crippen LogP contribution in [-0.2, 0) is 81.0 Å². The van der Waals surface area contributed by atoms with Gasteiger partial charge in [0.1, 0.15) is 115 Å². The zero-order valence-corrected chi connectivity index (χ0v) is 55.1. The molecule has 6 heterocycles. The van der Waals surface area contributed by atoms with Gasteiger partial charge in [-0.25, -0.2) is 8.42 Å². The normalized spacial score (nSPS) is 50.1. The van der Waals surface area contributed by atoms with E-state index in [1.807, 2.05) is 27.7 Å². The fourth-order valence-corrected chi connectivity index (χ4v) is 17.7. The van der Waals surface area contributed by atoms with E-state index < -0.39 is 217 Å². The Bertz CT molecular complexity index is 2710. The number of aliphatic hydroxyl groups is 11. The van der Waals surface area contributed by atoms with Crippen LogP contribution in [0.4, 0.5) is 0 Å². The van der Waals surface area contributed by atoms with Crippen molar-refractivity contribution in [2.75, 3.05) is 33.5 Å². The molecule has 31 atom stereocenters. The monoisotopic (exact) mass is 1320 g/mol. The number of hydrogen-bond donors (Lipinski definition) is 11. The van der Waals surface area contributed by atoms with Crippen molar-refractivity contribution in [3.63, 3.8) is 0 Å². The van der Waals surface area contributed by atoms with E-state index in [0.29, 0.717) is 38.5 Å². The number of carbonyl (C=O) groups excluding carboxylic acids is 2. The molecule has 10 rings (SSSR count). The zero-order chi connectivity index (χ0) is 65.0. The SMILES string of the molecule is C=C(C)CCC[C@]1(C)OC(=O)[C@]23CC[C@H]4C(=CC[C@H]5C(C)(C)[C@@H](O[C@@H]6OC[C@@H](OS(=O)(=O)[O-])[C@H](O)[C@H]6O[C@@H]6O[C@H](C)[C@@H](O[C@@H]7O[C@H](CO)[C@@H](O)[C@H](O[C@@H]8O[C@H](CO)[C@@H](O)[C@H](OC)[C@H]8O)[C@H]7O)[C@H](O)[C@H]6O[C@@H]6OC[C@@H](O)[C@H](O)[C@H]6O)CC[C@]45C)[C@]2(C)CC(=O)[C@@H]31.[Na+]. The van der Waals surface area contributed by atoms with Crippen LogP contribution < -0.4 is 29.6 Å². The third kappa shape index (κ3) is 12.8. The molecule has 90 heavy (non-hydrogen) atoms. The van der Waals surface area contributed by atoms with Crippen LogP contribution in [0.2, 0.25) is 0 Å². The van der Waals surface area contributed by atoms with E-state index in [0.717, 1.165) is 31.1 Å². The van der Waals surface area contributed by atoms with Crippen LogP contribution in [0, 0.1) is 39.4 Å². The summed E-state index contributed by atoms with van der Waals surface area (Å²) in [6.07, 6.45) is -34.8. The summed E-state index contributed by atoms with van der Waals surface area (Å²) >= 11 is 0. The van der Waals surface area contributed by atoms with Crippen molar-refractivity contribution < 1.29 is 169 Å². The first kappa shape index (κ1) is 72.9. The van der Waals surface area contributed by atoms with E-state index in [1.54, 1.807) is 0 Å². The van der Waals surface area contributed by atoms with E-state index in [2.05, 4.69) is 26.5 Å². The van der Waals surface area contributed by atoms with Crippen molar-refractivity contribution in [2.24, 2.45) is 39.4 Å². The van der Waals surface area contributed by atoms with Crippen LogP contribution in [0.25, 0.3) is 0 Å². The van der Waals surface area contributed by atoms with Crippen LogP contribution >= 0.6 is 0 Å². The van der Waals surface area contributed by atoms with E-state index in [1.165, 1.54) is 6.92 Å². The van der Waals surface area contributed by atoms with E-state index in [4.69, 9.17) is 61.0 Å². The molecule has 0 radical (unpaired) electrons. The largest absolute Gasteiger partial charge is 1.00 e. The van der Waals surface area contributed by atoms with Gasteiger partial charge in [0.15, 0.2) is 31.5 Å². The Kier molecular flexibility index (Phi) is 22.3. The van der Waals surface area contributed by atoms with Gasteiger partial charge in [0.05, 0.1) is 50.0 Å². The summed E-state index contributed by atoms with van der Waals surface area (Å²) in [6, 6.07) is 0. The van der Waals surface area contributed by atoms with Crippen LogP contribution in [-0.4, -0.2) is 267 Å². The number of rotatable bonds is 19. The Morgan fingerprint density at radius 3 is 1.91 bits per heavy atom. The quantitative estimate of drug-likeness (QED) is 0.0189. The summed E-state index contributed by atoms with van der Waals surface area (Å²) in [4.78, 5) is 28.9. The number of esters is 1. The molecule has 6 aliphatic heterocycles. The number of carbonyl (C=O) groups is 2. The standard InChI is InChI=1S/C59H92O29S.Na/c1-24(2)11-10-16-58(8)48-28(62)19-57(7)27-12-13-33-55(4,5)34(15-17-56(33,6)26(27)14-18-59(48,57)54(72)87-58)82-52-46(38(67)32(23-78-52)88-89(73,74)75)86-53-47(85-49-39(68)35(64)29(63)22-77-49)40(69)43(25(3)79-53)83-51-42(71)45(37(66)31(21-61)81-51)84-50-41(70)44(76-9)36(65)30(20-60)80-50;/h12,25-26,29-53,60-61,63-71H,1,10-11,13-23H2,2-9H3,(H,73,74,75);/q;+1/p-1/t25-,26+,29-,30-,31-,32-,33+,34+,35+,36-,37-,38+,39-,40+,41-,42-,43-,44+,45+,46-,47-,48-,49+,50+,51+,52+,53+,56-,57+,58+,59-;/m1./s1. The second-order valence-corrected chi connectivity index (χ2v) is 28.6. The molecule has 508 valence electrons. The number of ketones is 1. The minimum absolute atomic E-state index is 0. The molecule has 31 heteroatoms. The molecule has 0 bridgehead atoms. The van der Waals surface area contributed by atoms with Crippen molar-refractivity contribution in [1.29, 1.82) is 0 Å². The molecular formula is C59H91NaO29S. The minimum atomic E-state index is -5.52. The third-order valence-electron chi connectivity index (χ3n) is 21.8. The third-order valence-corrected chi connectivity index (χ3v) is 22.3. The molecular weight excluding hydrogens is 1230 g/mol. The van der Waals surface area contributed by atoms with Gasteiger partial charge in [-0.3, -0.25) is 13.8 Å². The maximum Gasteiger partial charge on any atom is 1.00 e. The van der Waals surface area contributed by atoms with E-state index in [-0.39, 0.29) is 59.6 Å². The van der Waals surface area contributed by atoms with Gasteiger partial charge in [0, 0.05) is 18.9 Å². The molecule has 0 aromatic carbocycles. The fourth-order valence-electron chi connectivity index (χ4n) is 17.2. The number of aliphatic hydroxyl groups excluding tert-OH is 11. The summed E-state index contributed by atoms with van der Waals surface area (Å²) in [6.45, 7) is 14.6. The Hall–Kier alpha value is -1.39. The molecule has 1 spiro atoms. The van der Waals surface area contributed by atoms with Crippen molar-refractivity contribution in [1.82, 2.24) is 0 Å². The molecule has 29 nitrogen and oxygen atoms in total. The van der Waals surface area contributed by atoms with Gasteiger partial charge >= 0.3 is 35.5 Å². The second kappa shape index (κ2) is 27.5. The Labute approximate surface area is 544 Å². The maximum absolute atomic E-state index is 14.5. The van der Waals surface area contributed by atoms with Gasteiger partial charge in [-0.2, -0.15) is 0 Å². The molecule has 11 N–H and O–H groups in total. The predicted molar refractivity (Wildman–Crippen MR) is 296 cm³/mol. The van der Waals surface area contributed by atoms with Crippen LogP contribution in [0.15, 0.2) is 23.8 Å². The number of ether oxygens (including phenoxy) is 12. The molecule has 4 aliphatic carbocycles. The van der Waals surface area contributed by atoms with Crippen molar-refractivity contribution in [2.45, 2.75) is 259 Å². The van der Waals surface area contributed by atoms with Crippen molar-refractivity contribution in [3.05, 3.63) is 23.8 Å². The molecule has 0 unspecified atom stereocenters. The van der Waals surface area contributed by atoms with Gasteiger partial charge in [-0.1, -0.05) is 44.9 Å². The smallest absolute Gasteiger partial charge is 0.726 e. The molecule has 0 aromatic rings. The van der Waals surface area contributed by atoms with Gasteiger partial charge in [0.2, 0.25) is 10.4 Å². The van der Waals surface area contributed by atoms with Crippen LogP contribution in [0.5, 0.6) is 0 Å². The number of Topliss-reactive ketones (excluding diaryl/α,β-unsaturated/α-hetero) is 1. The predicted octanol–water partition coefficient (Wildman–Crippen LogP) is -5.26. The van der Waals surface area contributed by atoms with E-state index in [9.17, 15) is 78.7 Å². The molecule has 10 aliphatic rings. The summed E-state index contributed by atoms with van der Waals surface area (Å²) in [7, 11) is -4.36. The van der Waals surface area contributed by atoms with Crippen molar-refractivity contribution in [3.8, 4) is 0 Å². The summed E-state index contributed by atoms with van der Waals surface area (Å²) in [5.41, 5.74) is -1.77. The molecule has 6 saturated heterocycles. The number of methoxy groups -OCH3 is 1. The van der Waals surface area contributed by atoms with Gasteiger partial charge < -0.3 is 118 Å².